The second kappa shape index (κ2) is 4.91. The number of benzene rings is 1. The van der Waals surface area contributed by atoms with Crippen molar-refractivity contribution in [2.45, 2.75) is 6.92 Å². The molecule has 0 saturated heterocycles. The van der Waals surface area contributed by atoms with Crippen LogP contribution >= 0.6 is 0 Å². The van der Waals surface area contributed by atoms with E-state index in [1.165, 1.54) is 0 Å². The number of hydrogen-bond acceptors (Lipinski definition) is 4. The van der Waals surface area contributed by atoms with Gasteiger partial charge in [0.1, 0.15) is 5.82 Å². The van der Waals surface area contributed by atoms with E-state index in [4.69, 9.17) is 0 Å². The average Bonchev–Trinajstić information content (AvgIpc) is 3.11. The van der Waals surface area contributed by atoms with E-state index in [0.29, 0.717) is 16.9 Å². The molecular weight excluding hydrogens is 292 g/mol. The molecule has 1 aromatic carbocycles. The highest BCUT2D eigenvalue weighted by Crippen LogP contribution is 2.18. The summed E-state index contributed by atoms with van der Waals surface area (Å²) in [5.74, 6) is 0.594. The maximum absolute atomic E-state index is 12.4. The Balaban J connectivity index is 1.64. The summed E-state index contributed by atoms with van der Waals surface area (Å²) < 4.78 is 3.76. The highest BCUT2D eigenvalue weighted by atomic mass is 16.1. The molecule has 3 heterocycles. The SMILES string of the molecule is Cc1nnc2cc(C(=O)Nc3ccc4c(c3)ncn4C)ccn12. The zero-order chi connectivity index (χ0) is 16.0. The van der Waals surface area contributed by atoms with Crippen LogP contribution in [0.5, 0.6) is 0 Å². The Morgan fingerprint density at radius 1 is 1.17 bits per heavy atom. The zero-order valence-electron chi connectivity index (χ0n) is 12.7. The summed E-state index contributed by atoms with van der Waals surface area (Å²) in [6.45, 7) is 1.86. The van der Waals surface area contributed by atoms with Gasteiger partial charge in [-0.3, -0.25) is 9.20 Å². The summed E-state index contributed by atoms with van der Waals surface area (Å²) in [7, 11) is 1.93. The van der Waals surface area contributed by atoms with Crippen molar-refractivity contribution < 1.29 is 4.79 Å². The Hall–Kier alpha value is -3.22. The summed E-state index contributed by atoms with van der Waals surface area (Å²) in [6.07, 6.45) is 3.54. The molecule has 0 unspecified atom stereocenters. The van der Waals surface area contributed by atoms with Crippen LogP contribution in [0.2, 0.25) is 0 Å². The van der Waals surface area contributed by atoms with Gasteiger partial charge >= 0.3 is 0 Å². The molecule has 0 atom stereocenters. The predicted octanol–water partition coefficient (Wildman–Crippen LogP) is 2.18. The molecule has 0 radical (unpaired) electrons. The minimum Gasteiger partial charge on any atom is -0.334 e. The first-order chi connectivity index (χ1) is 11.1. The van der Waals surface area contributed by atoms with E-state index in [1.54, 1.807) is 24.7 Å². The lowest BCUT2D eigenvalue weighted by Gasteiger charge is -2.06. The maximum Gasteiger partial charge on any atom is 0.255 e. The Morgan fingerprint density at radius 3 is 2.91 bits per heavy atom. The molecular formula is C16H14N6O. The Morgan fingerprint density at radius 2 is 2.04 bits per heavy atom. The lowest BCUT2D eigenvalue weighted by molar-refractivity contribution is 0.102. The van der Waals surface area contributed by atoms with Crippen molar-refractivity contribution in [3.63, 3.8) is 0 Å². The number of nitrogens with one attached hydrogen (secondary N) is 1. The number of carbonyl (C=O) groups is 1. The zero-order valence-corrected chi connectivity index (χ0v) is 12.7. The largest absolute Gasteiger partial charge is 0.334 e. The molecule has 0 bridgehead atoms. The van der Waals surface area contributed by atoms with Gasteiger partial charge in [-0.05, 0) is 37.3 Å². The highest BCUT2D eigenvalue weighted by Gasteiger charge is 2.10. The minimum absolute atomic E-state index is 0.191. The number of amides is 1. The van der Waals surface area contributed by atoms with Crippen molar-refractivity contribution in [2.24, 2.45) is 7.05 Å². The normalized spacial score (nSPS) is 11.2. The quantitative estimate of drug-likeness (QED) is 0.616. The molecule has 0 saturated carbocycles. The van der Waals surface area contributed by atoms with E-state index >= 15 is 0 Å². The van der Waals surface area contributed by atoms with Crippen LogP contribution in [0.4, 0.5) is 5.69 Å². The Kier molecular flexibility index (Phi) is 2.87. The summed E-state index contributed by atoms with van der Waals surface area (Å²) in [4.78, 5) is 16.7. The fourth-order valence-corrected chi connectivity index (χ4v) is 2.57. The monoisotopic (exact) mass is 306 g/mol. The van der Waals surface area contributed by atoms with Crippen LogP contribution in [0.1, 0.15) is 16.2 Å². The number of pyridine rings is 1. The van der Waals surface area contributed by atoms with Crippen molar-refractivity contribution in [1.29, 1.82) is 0 Å². The number of hydrogen-bond donors (Lipinski definition) is 1. The molecule has 7 heteroatoms. The predicted molar refractivity (Wildman–Crippen MR) is 86.4 cm³/mol. The van der Waals surface area contributed by atoms with Crippen LogP contribution in [0.15, 0.2) is 42.9 Å². The van der Waals surface area contributed by atoms with Crippen LogP contribution in [0.25, 0.3) is 16.7 Å². The smallest absolute Gasteiger partial charge is 0.255 e. The fourth-order valence-electron chi connectivity index (χ4n) is 2.57. The fraction of sp³-hybridized carbons (Fsp3) is 0.125. The van der Waals surface area contributed by atoms with E-state index in [0.717, 1.165) is 16.9 Å². The van der Waals surface area contributed by atoms with Crippen molar-refractivity contribution in [3.8, 4) is 0 Å². The van der Waals surface area contributed by atoms with E-state index in [2.05, 4.69) is 20.5 Å². The summed E-state index contributed by atoms with van der Waals surface area (Å²) >= 11 is 0. The topological polar surface area (TPSA) is 77.1 Å². The molecule has 4 aromatic rings. The molecule has 0 aliphatic carbocycles. The van der Waals surface area contributed by atoms with Crippen LogP contribution < -0.4 is 5.32 Å². The van der Waals surface area contributed by atoms with Gasteiger partial charge in [0.25, 0.3) is 5.91 Å². The van der Waals surface area contributed by atoms with Gasteiger partial charge in [-0.15, -0.1) is 10.2 Å². The molecule has 0 aliphatic rings. The number of anilines is 1. The van der Waals surface area contributed by atoms with Crippen molar-refractivity contribution >= 4 is 28.3 Å². The molecule has 4 rings (SSSR count). The number of nitrogens with zero attached hydrogens (tertiary/aromatic N) is 5. The highest BCUT2D eigenvalue weighted by molar-refractivity contribution is 6.05. The van der Waals surface area contributed by atoms with Gasteiger partial charge in [0.05, 0.1) is 17.4 Å². The standard InChI is InChI=1S/C16H14N6O/c1-10-19-20-15-7-11(5-6-22(10)15)16(23)18-12-3-4-14-13(8-12)17-9-21(14)2/h3-9H,1-2H3,(H,18,23). The first-order valence-corrected chi connectivity index (χ1v) is 7.15. The van der Waals surface area contributed by atoms with Gasteiger partial charge in [0.2, 0.25) is 0 Å². The maximum atomic E-state index is 12.4. The summed E-state index contributed by atoms with van der Waals surface area (Å²) in [5, 5.41) is 10.9. The lowest BCUT2D eigenvalue weighted by Crippen LogP contribution is -2.12. The minimum atomic E-state index is -0.191. The molecule has 0 aliphatic heterocycles. The number of fused-ring (bicyclic) bond motifs is 2. The molecule has 0 spiro atoms. The van der Waals surface area contributed by atoms with Crippen LogP contribution in [-0.4, -0.2) is 30.1 Å². The van der Waals surface area contributed by atoms with E-state index < -0.39 is 0 Å². The van der Waals surface area contributed by atoms with E-state index in [-0.39, 0.29) is 5.91 Å². The second-order valence-corrected chi connectivity index (χ2v) is 5.40. The first-order valence-electron chi connectivity index (χ1n) is 7.15. The summed E-state index contributed by atoms with van der Waals surface area (Å²) in [5.41, 5.74) is 3.75. The molecule has 1 N–H and O–H groups in total. The van der Waals surface area contributed by atoms with Gasteiger partial charge in [-0.1, -0.05) is 0 Å². The first kappa shape index (κ1) is 13.4. The third kappa shape index (κ3) is 2.22. The van der Waals surface area contributed by atoms with Crippen molar-refractivity contribution in [3.05, 3.63) is 54.2 Å². The van der Waals surface area contributed by atoms with Gasteiger partial charge in [0.15, 0.2) is 5.65 Å². The van der Waals surface area contributed by atoms with Crippen molar-refractivity contribution in [2.75, 3.05) is 5.32 Å². The van der Waals surface area contributed by atoms with E-state index in [1.807, 2.05) is 41.1 Å². The van der Waals surface area contributed by atoms with Crippen molar-refractivity contribution in [1.82, 2.24) is 24.1 Å². The lowest BCUT2D eigenvalue weighted by atomic mass is 10.2. The van der Waals surface area contributed by atoms with Crippen LogP contribution in [0.3, 0.4) is 0 Å². The number of carbonyl (C=O) groups excluding carboxylic acids is 1. The molecule has 23 heavy (non-hydrogen) atoms. The van der Waals surface area contributed by atoms with Gasteiger partial charge in [-0.2, -0.15) is 0 Å². The third-order valence-corrected chi connectivity index (χ3v) is 3.83. The van der Waals surface area contributed by atoms with Gasteiger partial charge in [-0.25, -0.2) is 4.98 Å². The van der Waals surface area contributed by atoms with Gasteiger partial charge < -0.3 is 9.88 Å². The molecule has 1 amide bonds. The molecule has 114 valence electrons. The summed E-state index contributed by atoms with van der Waals surface area (Å²) in [6, 6.07) is 9.12. The Bertz CT molecular complexity index is 1050. The molecule has 7 nitrogen and oxygen atoms in total. The number of rotatable bonds is 2. The number of aromatic nitrogens is 5. The average molecular weight is 306 g/mol. The third-order valence-electron chi connectivity index (χ3n) is 3.83. The van der Waals surface area contributed by atoms with E-state index in [9.17, 15) is 4.79 Å². The Labute approximate surface area is 131 Å². The number of imidazole rings is 1. The number of aryl methyl sites for hydroxylation is 2. The molecule has 3 aromatic heterocycles. The molecule has 0 fully saturated rings. The van der Waals surface area contributed by atoms with Crippen LogP contribution in [-0.2, 0) is 7.05 Å². The van der Waals surface area contributed by atoms with Gasteiger partial charge in [0, 0.05) is 24.5 Å². The second-order valence-electron chi connectivity index (χ2n) is 5.40. The van der Waals surface area contributed by atoms with Crippen LogP contribution in [0, 0.1) is 6.92 Å².